The third-order valence-corrected chi connectivity index (χ3v) is 6.40. The molecule has 0 amide bonds. The van der Waals surface area contributed by atoms with Gasteiger partial charge in [-0.2, -0.15) is 0 Å². The lowest BCUT2D eigenvalue weighted by molar-refractivity contribution is 0.601. The number of thioether (sulfide) groups is 1. The van der Waals surface area contributed by atoms with Crippen LogP contribution in [0.3, 0.4) is 0 Å². The van der Waals surface area contributed by atoms with E-state index in [0.29, 0.717) is 5.02 Å². The number of fused-ring (bicyclic) bond motifs is 1. The van der Waals surface area contributed by atoms with Crippen LogP contribution in [-0.4, -0.2) is 36.4 Å². The zero-order valence-electron chi connectivity index (χ0n) is 9.34. The number of hydrogen-bond donors (Lipinski definition) is 1. The van der Waals surface area contributed by atoms with Crippen molar-refractivity contribution in [1.82, 2.24) is 0 Å². The van der Waals surface area contributed by atoms with E-state index in [1.165, 1.54) is 11.8 Å². The summed E-state index contributed by atoms with van der Waals surface area (Å²) in [5, 5.41) is 4.59. The highest BCUT2D eigenvalue weighted by Gasteiger charge is 2.42. The van der Waals surface area contributed by atoms with E-state index in [9.17, 15) is 8.42 Å². The standard InChI is InChI=1S/C11H11ClN2O2S2/c12-7-3-1-2-4-8(7)13-11-14-9-5-18(15,16)6-10(9)17-11/h1-4,9-10H,5-6H2,(H,13,14)/t9-,10-/m0/s1. The van der Waals surface area contributed by atoms with Gasteiger partial charge in [-0.3, -0.25) is 4.99 Å². The Kier molecular flexibility index (Phi) is 3.03. The number of nitrogens with one attached hydrogen (secondary N) is 1. The van der Waals surface area contributed by atoms with Crippen molar-refractivity contribution in [3.05, 3.63) is 29.3 Å². The van der Waals surface area contributed by atoms with Crippen molar-refractivity contribution in [3.8, 4) is 0 Å². The molecular formula is C11H11ClN2O2S2. The molecule has 2 atom stereocenters. The van der Waals surface area contributed by atoms with E-state index >= 15 is 0 Å². The van der Waals surface area contributed by atoms with Crippen LogP contribution in [0.4, 0.5) is 5.69 Å². The fourth-order valence-electron chi connectivity index (χ4n) is 2.09. The van der Waals surface area contributed by atoms with Gasteiger partial charge in [0.15, 0.2) is 15.0 Å². The molecule has 2 aliphatic heterocycles. The fraction of sp³-hybridized carbons (Fsp3) is 0.364. The van der Waals surface area contributed by atoms with Gasteiger partial charge in [-0.15, -0.1) is 0 Å². The minimum Gasteiger partial charge on any atom is -0.334 e. The first-order valence-electron chi connectivity index (χ1n) is 5.50. The maximum atomic E-state index is 11.4. The van der Waals surface area contributed by atoms with E-state index in [1.807, 2.05) is 18.2 Å². The molecule has 0 bridgehead atoms. The molecule has 18 heavy (non-hydrogen) atoms. The van der Waals surface area contributed by atoms with Crippen LogP contribution in [0.2, 0.25) is 5.02 Å². The molecule has 0 spiro atoms. The number of hydrogen-bond acceptors (Lipinski definition) is 5. The molecule has 1 N–H and O–H groups in total. The van der Waals surface area contributed by atoms with Gasteiger partial charge in [0, 0.05) is 5.25 Å². The number of anilines is 1. The van der Waals surface area contributed by atoms with Crippen molar-refractivity contribution in [1.29, 1.82) is 0 Å². The minimum absolute atomic E-state index is 0.0555. The Morgan fingerprint density at radius 1 is 1.33 bits per heavy atom. The van der Waals surface area contributed by atoms with E-state index in [2.05, 4.69) is 10.3 Å². The van der Waals surface area contributed by atoms with Gasteiger partial charge in [0.25, 0.3) is 0 Å². The van der Waals surface area contributed by atoms with Gasteiger partial charge in [0.2, 0.25) is 0 Å². The van der Waals surface area contributed by atoms with Crippen molar-refractivity contribution >= 4 is 44.1 Å². The zero-order chi connectivity index (χ0) is 12.8. The van der Waals surface area contributed by atoms with Crippen molar-refractivity contribution < 1.29 is 8.42 Å². The molecule has 1 aromatic carbocycles. The summed E-state index contributed by atoms with van der Waals surface area (Å²) in [6, 6.07) is 7.31. The average Bonchev–Trinajstić information content (AvgIpc) is 2.74. The summed E-state index contributed by atoms with van der Waals surface area (Å²) >= 11 is 7.53. The fourth-order valence-corrected chi connectivity index (χ4v) is 5.94. The first kappa shape index (κ1) is 12.3. The summed E-state index contributed by atoms with van der Waals surface area (Å²) < 4.78 is 22.9. The van der Waals surface area contributed by atoms with Crippen molar-refractivity contribution in [2.45, 2.75) is 11.3 Å². The number of amidine groups is 1. The molecule has 1 aromatic rings. The minimum atomic E-state index is -2.89. The molecule has 2 heterocycles. The topological polar surface area (TPSA) is 58.5 Å². The monoisotopic (exact) mass is 302 g/mol. The molecule has 0 aliphatic carbocycles. The van der Waals surface area contributed by atoms with Crippen LogP contribution in [0, 0.1) is 0 Å². The Bertz CT molecular complexity index is 615. The number of nitrogens with zero attached hydrogens (tertiary/aromatic N) is 1. The smallest absolute Gasteiger partial charge is 0.161 e. The highest BCUT2D eigenvalue weighted by molar-refractivity contribution is 8.15. The predicted molar refractivity (Wildman–Crippen MR) is 76.3 cm³/mol. The molecule has 96 valence electrons. The Morgan fingerprint density at radius 3 is 2.83 bits per heavy atom. The molecular weight excluding hydrogens is 292 g/mol. The third-order valence-electron chi connectivity index (χ3n) is 2.93. The van der Waals surface area contributed by atoms with Crippen LogP contribution in [0.1, 0.15) is 0 Å². The lowest BCUT2D eigenvalue weighted by Crippen LogP contribution is -2.13. The van der Waals surface area contributed by atoms with Crippen molar-refractivity contribution in [3.63, 3.8) is 0 Å². The van der Waals surface area contributed by atoms with E-state index in [0.717, 1.165) is 10.9 Å². The summed E-state index contributed by atoms with van der Waals surface area (Å²) in [5.74, 6) is 0.387. The quantitative estimate of drug-likeness (QED) is 0.862. The normalized spacial score (nSPS) is 28.8. The summed E-state index contributed by atoms with van der Waals surface area (Å²) in [5.41, 5.74) is 0.799. The van der Waals surface area contributed by atoms with Crippen molar-refractivity contribution in [2.75, 3.05) is 16.8 Å². The molecule has 1 saturated heterocycles. The first-order chi connectivity index (χ1) is 8.53. The second-order valence-electron chi connectivity index (χ2n) is 4.34. The second kappa shape index (κ2) is 4.43. The number of benzene rings is 1. The molecule has 0 unspecified atom stereocenters. The van der Waals surface area contributed by atoms with Crippen LogP contribution in [0.5, 0.6) is 0 Å². The van der Waals surface area contributed by atoms with Crippen LogP contribution in [0.25, 0.3) is 0 Å². The van der Waals surface area contributed by atoms with E-state index in [-0.39, 0.29) is 22.8 Å². The van der Waals surface area contributed by atoms with Gasteiger partial charge >= 0.3 is 0 Å². The van der Waals surface area contributed by atoms with Gasteiger partial charge in [-0.25, -0.2) is 8.42 Å². The highest BCUT2D eigenvalue weighted by Crippen LogP contribution is 2.35. The van der Waals surface area contributed by atoms with Gasteiger partial charge in [0.1, 0.15) is 0 Å². The maximum Gasteiger partial charge on any atom is 0.161 e. The predicted octanol–water partition coefficient (Wildman–Crippen LogP) is 2.02. The largest absolute Gasteiger partial charge is 0.334 e. The number of aliphatic imine (C=N–C) groups is 1. The Labute approximate surface area is 115 Å². The SMILES string of the molecule is O=S1(=O)C[C@@H]2N=C(Nc3ccccc3Cl)S[C@H]2C1. The van der Waals surface area contributed by atoms with Crippen LogP contribution < -0.4 is 5.32 Å². The number of para-hydroxylation sites is 1. The number of sulfone groups is 1. The first-order valence-corrected chi connectivity index (χ1v) is 8.58. The lowest BCUT2D eigenvalue weighted by Gasteiger charge is -2.07. The van der Waals surface area contributed by atoms with Crippen LogP contribution in [0.15, 0.2) is 29.3 Å². The molecule has 7 heteroatoms. The molecule has 4 nitrogen and oxygen atoms in total. The van der Waals surface area contributed by atoms with Crippen LogP contribution in [-0.2, 0) is 9.84 Å². The third kappa shape index (κ3) is 2.37. The zero-order valence-corrected chi connectivity index (χ0v) is 11.7. The average molecular weight is 303 g/mol. The summed E-state index contributed by atoms with van der Waals surface area (Å²) in [6.45, 7) is 0. The summed E-state index contributed by atoms with van der Waals surface area (Å²) in [4.78, 5) is 4.41. The van der Waals surface area contributed by atoms with Gasteiger partial charge in [-0.05, 0) is 12.1 Å². The Morgan fingerprint density at radius 2 is 2.11 bits per heavy atom. The molecule has 2 aliphatic rings. The Balaban J connectivity index is 1.76. The summed E-state index contributed by atoms with van der Waals surface area (Å²) in [7, 11) is -2.89. The Hall–Kier alpha value is -0.720. The molecule has 3 rings (SSSR count). The lowest BCUT2D eigenvalue weighted by atomic mass is 10.3. The molecule has 0 saturated carbocycles. The molecule has 1 fully saturated rings. The number of rotatable bonds is 1. The van der Waals surface area contributed by atoms with Crippen molar-refractivity contribution in [2.24, 2.45) is 4.99 Å². The van der Waals surface area contributed by atoms with E-state index in [4.69, 9.17) is 11.6 Å². The van der Waals surface area contributed by atoms with E-state index < -0.39 is 9.84 Å². The van der Waals surface area contributed by atoms with Gasteiger partial charge in [-0.1, -0.05) is 35.5 Å². The number of halogens is 1. The van der Waals surface area contributed by atoms with E-state index in [1.54, 1.807) is 6.07 Å². The molecule has 0 radical (unpaired) electrons. The maximum absolute atomic E-state index is 11.4. The second-order valence-corrected chi connectivity index (χ2v) is 8.13. The van der Waals surface area contributed by atoms with Gasteiger partial charge < -0.3 is 5.32 Å². The molecule has 0 aromatic heterocycles. The highest BCUT2D eigenvalue weighted by atomic mass is 35.5. The summed E-state index contributed by atoms with van der Waals surface area (Å²) in [6.07, 6.45) is 0. The van der Waals surface area contributed by atoms with Gasteiger partial charge in [0.05, 0.1) is 28.3 Å². The van der Waals surface area contributed by atoms with Crippen LogP contribution >= 0.6 is 23.4 Å².